The van der Waals surface area contributed by atoms with E-state index in [1.54, 1.807) is 19.1 Å². The highest BCUT2D eigenvalue weighted by atomic mass is 35.5. The molecule has 4 nitrogen and oxygen atoms in total. The van der Waals surface area contributed by atoms with Gasteiger partial charge in [-0.25, -0.2) is 0 Å². The Labute approximate surface area is 119 Å². The van der Waals surface area contributed by atoms with E-state index < -0.39 is 6.23 Å². The SMILES string of the molecule is CCc1ccccc1N(C(=O)CCl)C(COC)OC. The maximum atomic E-state index is 12.1. The number of aryl methyl sites for hydroxylation is 1. The molecule has 1 aromatic carbocycles. The number of ether oxygens (including phenoxy) is 2. The minimum atomic E-state index is -0.482. The first kappa shape index (κ1) is 16.0. The van der Waals surface area contributed by atoms with Gasteiger partial charge in [-0.3, -0.25) is 9.69 Å². The average Bonchev–Trinajstić information content (AvgIpc) is 2.46. The number of methoxy groups -OCH3 is 2. The van der Waals surface area contributed by atoms with E-state index in [0.717, 1.165) is 17.7 Å². The second kappa shape index (κ2) is 8.15. The lowest BCUT2D eigenvalue weighted by molar-refractivity contribution is -0.119. The van der Waals surface area contributed by atoms with Crippen LogP contribution in [0.1, 0.15) is 12.5 Å². The number of hydrogen-bond donors (Lipinski definition) is 0. The van der Waals surface area contributed by atoms with Crippen molar-refractivity contribution in [1.29, 1.82) is 0 Å². The third kappa shape index (κ3) is 3.93. The first-order valence-electron chi connectivity index (χ1n) is 6.17. The monoisotopic (exact) mass is 285 g/mol. The molecule has 106 valence electrons. The molecule has 1 aromatic rings. The fourth-order valence-corrected chi connectivity index (χ4v) is 2.08. The zero-order chi connectivity index (χ0) is 14.3. The van der Waals surface area contributed by atoms with Crippen molar-refractivity contribution in [1.82, 2.24) is 0 Å². The molecule has 0 N–H and O–H groups in total. The van der Waals surface area contributed by atoms with Crippen molar-refractivity contribution in [2.75, 3.05) is 31.6 Å². The van der Waals surface area contributed by atoms with Crippen LogP contribution in [0.2, 0.25) is 0 Å². The summed E-state index contributed by atoms with van der Waals surface area (Å²) in [5.74, 6) is -0.298. The molecular weight excluding hydrogens is 266 g/mol. The molecule has 0 fully saturated rings. The van der Waals surface area contributed by atoms with Crippen LogP contribution in [-0.2, 0) is 20.7 Å². The highest BCUT2D eigenvalue weighted by Crippen LogP contribution is 2.24. The molecule has 0 aromatic heterocycles. The Kier molecular flexibility index (Phi) is 6.84. The number of amides is 1. The quantitative estimate of drug-likeness (QED) is 0.570. The summed E-state index contributed by atoms with van der Waals surface area (Å²) in [5.41, 5.74) is 1.89. The minimum Gasteiger partial charge on any atom is -0.380 e. The lowest BCUT2D eigenvalue weighted by Gasteiger charge is -2.31. The van der Waals surface area contributed by atoms with E-state index in [0.29, 0.717) is 0 Å². The van der Waals surface area contributed by atoms with Gasteiger partial charge in [0.1, 0.15) is 5.88 Å². The van der Waals surface area contributed by atoms with Crippen molar-refractivity contribution in [2.24, 2.45) is 0 Å². The van der Waals surface area contributed by atoms with Crippen molar-refractivity contribution in [3.63, 3.8) is 0 Å². The first-order valence-corrected chi connectivity index (χ1v) is 6.70. The maximum Gasteiger partial charge on any atom is 0.244 e. The molecule has 0 aliphatic heterocycles. The Bertz CT molecular complexity index is 411. The van der Waals surface area contributed by atoms with Crippen LogP contribution in [0.5, 0.6) is 0 Å². The number of anilines is 1. The fraction of sp³-hybridized carbons (Fsp3) is 0.500. The highest BCUT2D eigenvalue weighted by Gasteiger charge is 2.26. The topological polar surface area (TPSA) is 38.8 Å². The highest BCUT2D eigenvalue weighted by molar-refractivity contribution is 6.29. The molecule has 0 heterocycles. The van der Waals surface area contributed by atoms with Crippen LogP contribution in [0.3, 0.4) is 0 Å². The van der Waals surface area contributed by atoms with Gasteiger partial charge in [-0.1, -0.05) is 25.1 Å². The van der Waals surface area contributed by atoms with Crippen LogP contribution in [0.25, 0.3) is 0 Å². The van der Waals surface area contributed by atoms with Crippen LogP contribution in [0, 0.1) is 0 Å². The lowest BCUT2D eigenvalue weighted by atomic mass is 10.1. The maximum absolute atomic E-state index is 12.1. The van der Waals surface area contributed by atoms with Crippen molar-refractivity contribution in [3.05, 3.63) is 29.8 Å². The van der Waals surface area contributed by atoms with Crippen LogP contribution in [0.15, 0.2) is 24.3 Å². The summed E-state index contributed by atoms with van der Waals surface area (Å²) >= 11 is 5.71. The molecule has 1 atom stereocenters. The van der Waals surface area contributed by atoms with E-state index in [2.05, 4.69) is 0 Å². The molecule has 0 saturated carbocycles. The third-order valence-electron chi connectivity index (χ3n) is 2.88. The number of benzene rings is 1. The number of nitrogens with zero attached hydrogens (tertiary/aromatic N) is 1. The van der Waals surface area contributed by atoms with Gasteiger partial charge in [-0.2, -0.15) is 0 Å². The zero-order valence-corrected chi connectivity index (χ0v) is 12.3. The van der Waals surface area contributed by atoms with Crippen molar-refractivity contribution >= 4 is 23.2 Å². The van der Waals surface area contributed by atoms with Gasteiger partial charge in [0.15, 0.2) is 6.23 Å². The predicted octanol–water partition coefficient (Wildman–Crippen LogP) is 2.44. The summed E-state index contributed by atoms with van der Waals surface area (Å²) in [6.07, 6.45) is 0.343. The standard InChI is InChI=1S/C14H20ClNO3/c1-4-11-7-5-6-8-12(11)16(13(17)9-15)14(19-3)10-18-2/h5-8,14H,4,9-10H2,1-3H3. The second-order valence-corrected chi connectivity index (χ2v) is 4.29. The molecule has 19 heavy (non-hydrogen) atoms. The van der Waals surface area contributed by atoms with Gasteiger partial charge in [0.25, 0.3) is 0 Å². The zero-order valence-electron chi connectivity index (χ0n) is 11.6. The molecule has 0 radical (unpaired) electrons. The molecule has 0 aliphatic rings. The van der Waals surface area contributed by atoms with Crippen LogP contribution >= 0.6 is 11.6 Å². The number of carbonyl (C=O) groups excluding carboxylic acids is 1. The Morgan fingerprint density at radius 3 is 2.58 bits per heavy atom. The molecule has 0 saturated heterocycles. The molecule has 5 heteroatoms. The Balaban J connectivity index is 3.18. The average molecular weight is 286 g/mol. The van der Waals surface area contributed by atoms with Gasteiger partial charge in [-0.05, 0) is 18.1 Å². The Morgan fingerprint density at radius 2 is 2.05 bits per heavy atom. The first-order chi connectivity index (χ1) is 9.19. The van der Waals surface area contributed by atoms with Crippen molar-refractivity contribution in [3.8, 4) is 0 Å². The number of hydrogen-bond acceptors (Lipinski definition) is 3. The van der Waals surface area contributed by atoms with E-state index in [1.807, 2.05) is 31.2 Å². The third-order valence-corrected chi connectivity index (χ3v) is 3.11. The van der Waals surface area contributed by atoms with E-state index in [4.69, 9.17) is 21.1 Å². The van der Waals surface area contributed by atoms with Gasteiger partial charge < -0.3 is 9.47 Å². The number of para-hydroxylation sites is 1. The Morgan fingerprint density at radius 1 is 1.37 bits per heavy atom. The number of carbonyl (C=O) groups is 1. The molecule has 1 rings (SSSR count). The summed E-state index contributed by atoms with van der Waals surface area (Å²) in [7, 11) is 3.12. The summed E-state index contributed by atoms with van der Waals surface area (Å²) < 4.78 is 10.5. The summed E-state index contributed by atoms with van der Waals surface area (Å²) in [4.78, 5) is 13.7. The lowest BCUT2D eigenvalue weighted by Crippen LogP contribution is -2.45. The number of alkyl halides is 1. The van der Waals surface area contributed by atoms with Crippen molar-refractivity contribution in [2.45, 2.75) is 19.6 Å². The van der Waals surface area contributed by atoms with E-state index in [-0.39, 0.29) is 18.4 Å². The molecule has 0 bridgehead atoms. The smallest absolute Gasteiger partial charge is 0.244 e. The van der Waals surface area contributed by atoms with Crippen LogP contribution < -0.4 is 4.90 Å². The normalized spacial score (nSPS) is 12.2. The summed E-state index contributed by atoms with van der Waals surface area (Å²) in [5, 5.41) is 0. The van der Waals surface area contributed by atoms with E-state index in [9.17, 15) is 4.79 Å². The van der Waals surface area contributed by atoms with Crippen LogP contribution in [-0.4, -0.2) is 38.8 Å². The predicted molar refractivity (Wildman–Crippen MR) is 76.7 cm³/mol. The summed E-state index contributed by atoms with van der Waals surface area (Å²) in [6.45, 7) is 2.33. The molecule has 0 spiro atoms. The van der Waals surface area contributed by atoms with E-state index in [1.165, 1.54) is 0 Å². The fourth-order valence-electron chi connectivity index (χ4n) is 1.95. The van der Waals surface area contributed by atoms with Crippen molar-refractivity contribution < 1.29 is 14.3 Å². The van der Waals surface area contributed by atoms with Gasteiger partial charge in [-0.15, -0.1) is 11.6 Å². The molecule has 1 amide bonds. The summed E-state index contributed by atoms with van der Waals surface area (Å²) in [6, 6.07) is 7.72. The van der Waals surface area contributed by atoms with E-state index >= 15 is 0 Å². The minimum absolute atomic E-state index is 0.0956. The second-order valence-electron chi connectivity index (χ2n) is 4.03. The van der Waals surface area contributed by atoms with Crippen LogP contribution in [0.4, 0.5) is 5.69 Å². The van der Waals surface area contributed by atoms with Gasteiger partial charge in [0.05, 0.1) is 6.61 Å². The Hall–Kier alpha value is -1.10. The van der Waals surface area contributed by atoms with Gasteiger partial charge in [0.2, 0.25) is 5.91 Å². The molecule has 1 unspecified atom stereocenters. The number of halogens is 1. The number of rotatable bonds is 7. The molecular formula is C14H20ClNO3. The van der Waals surface area contributed by atoms with Gasteiger partial charge in [0, 0.05) is 19.9 Å². The molecule has 0 aliphatic carbocycles. The largest absolute Gasteiger partial charge is 0.380 e. The van der Waals surface area contributed by atoms with Gasteiger partial charge >= 0.3 is 0 Å².